The third kappa shape index (κ3) is 8.09. The predicted molar refractivity (Wildman–Crippen MR) is 95.0 cm³/mol. The standard InChI is InChI=1S/C18H24N2O8/c21-15-11-13(17(23)19-15)1-3-25-5-7-27-9-10-28-8-6-26-4-2-14-12-16(22)20-18(14)24/h11-12H,1-10H2,(H,19,21,23)(H,20,22,24). The predicted octanol–water partition coefficient (Wildman–Crippen LogP) is -1.00. The second kappa shape index (κ2) is 12.1. The molecule has 2 N–H and O–H groups in total. The van der Waals surface area contributed by atoms with Crippen molar-refractivity contribution >= 4 is 23.6 Å². The minimum Gasteiger partial charge on any atom is -0.379 e. The van der Waals surface area contributed by atoms with E-state index in [0.717, 1.165) is 0 Å². The van der Waals surface area contributed by atoms with E-state index < -0.39 is 0 Å². The van der Waals surface area contributed by atoms with Gasteiger partial charge < -0.3 is 18.9 Å². The molecule has 28 heavy (non-hydrogen) atoms. The fourth-order valence-electron chi connectivity index (χ4n) is 2.40. The van der Waals surface area contributed by atoms with Crippen molar-refractivity contribution in [2.24, 2.45) is 0 Å². The fraction of sp³-hybridized carbons (Fsp3) is 0.556. The van der Waals surface area contributed by atoms with Crippen LogP contribution in [0.5, 0.6) is 0 Å². The van der Waals surface area contributed by atoms with Gasteiger partial charge in [0.1, 0.15) is 0 Å². The normalized spacial score (nSPS) is 16.3. The van der Waals surface area contributed by atoms with Crippen molar-refractivity contribution in [3.63, 3.8) is 0 Å². The molecule has 0 unspecified atom stereocenters. The van der Waals surface area contributed by atoms with Gasteiger partial charge in [-0.2, -0.15) is 0 Å². The Morgan fingerprint density at radius 1 is 0.536 bits per heavy atom. The maximum Gasteiger partial charge on any atom is 0.254 e. The van der Waals surface area contributed by atoms with E-state index in [2.05, 4.69) is 10.6 Å². The maximum absolute atomic E-state index is 11.3. The topological polar surface area (TPSA) is 129 Å². The summed E-state index contributed by atoms with van der Waals surface area (Å²) in [6.45, 7) is 3.10. The van der Waals surface area contributed by atoms with Gasteiger partial charge in [0.05, 0.1) is 52.9 Å². The number of carbonyl (C=O) groups excluding carboxylic acids is 4. The molecule has 0 aromatic carbocycles. The zero-order valence-corrected chi connectivity index (χ0v) is 15.5. The molecule has 0 atom stereocenters. The number of imide groups is 2. The summed E-state index contributed by atoms with van der Waals surface area (Å²) < 4.78 is 21.3. The molecular weight excluding hydrogens is 372 g/mol. The van der Waals surface area contributed by atoms with Crippen molar-refractivity contribution in [2.75, 3.05) is 52.9 Å². The van der Waals surface area contributed by atoms with E-state index in [4.69, 9.17) is 18.9 Å². The van der Waals surface area contributed by atoms with E-state index in [1.54, 1.807) is 0 Å². The summed E-state index contributed by atoms with van der Waals surface area (Å²) in [4.78, 5) is 44.5. The lowest BCUT2D eigenvalue weighted by molar-refractivity contribution is -0.125. The van der Waals surface area contributed by atoms with Crippen molar-refractivity contribution in [3.05, 3.63) is 23.3 Å². The fourth-order valence-corrected chi connectivity index (χ4v) is 2.40. The third-order valence-electron chi connectivity index (χ3n) is 3.81. The molecular formula is C18H24N2O8. The Balaban J connectivity index is 1.31. The number of ether oxygens (including phenoxy) is 4. The zero-order valence-electron chi connectivity index (χ0n) is 15.5. The van der Waals surface area contributed by atoms with Crippen LogP contribution in [0.4, 0.5) is 0 Å². The molecule has 0 spiro atoms. The molecule has 2 heterocycles. The van der Waals surface area contributed by atoms with Crippen molar-refractivity contribution in [2.45, 2.75) is 12.8 Å². The lowest BCUT2D eigenvalue weighted by Gasteiger charge is -2.07. The summed E-state index contributed by atoms with van der Waals surface area (Å²) in [5, 5.41) is 4.35. The Kier molecular flexibility index (Phi) is 9.49. The van der Waals surface area contributed by atoms with E-state index in [1.165, 1.54) is 12.2 Å². The summed E-state index contributed by atoms with van der Waals surface area (Å²) in [5.74, 6) is -1.49. The Morgan fingerprint density at radius 2 is 0.857 bits per heavy atom. The Labute approximate surface area is 162 Å². The molecule has 0 aliphatic carbocycles. The van der Waals surface area contributed by atoms with Gasteiger partial charge in [0.2, 0.25) is 0 Å². The van der Waals surface area contributed by atoms with E-state index in [0.29, 0.717) is 76.8 Å². The summed E-state index contributed by atoms with van der Waals surface area (Å²) in [6.07, 6.45) is 3.34. The molecule has 2 aliphatic heterocycles. The van der Waals surface area contributed by atoms with Crippen LogP contribution in [-0.2, 0) is 38.1 Å². The highest BCUT2D eigenvalue weighted by Gasteiger charge is 2.20. The largest absolute Gasteiger partial charge is 0.379 e. The number of nitrogens with one attached hydrogen (secondary N) is 2. The van der Waals surface area contributed by atoms with Gasteiger partial charge in [-0.25, -0.2) is 0 Å². The molecule has 0 aromatic heterocycles. The molecule has 10 nitrogen and oxygen atoms in total. The van der Waals surface area contributed by atoms with Crippen molar-refractivity contribution in [1.82, 2.24) is 10.6 Å². The Hall–Kier alpha value is -2.40. The maximum atomic E-state index is 11.3. The van der Waals surface area contributed by atoms with Gasteiger partial charge >= 0.3 is 0 Å². The first kappa shape index (κ1) is 21.9. The van der Waals surface area contributed by atoms with Crippen molar-refractivity contribution in [1.29, 1.82) is 0 Å². The number of amides is 4. The molecule has 0 saturated carbocycles. The first-order valence-electron chi connectivity index (χ1n) is 8.99. The second-order valence-electron chi connectivity index (χ2n) is 5.93. The van der Waals surface area contributed by atoms with Crippen molar-refractivity contribution < 1.29 is 38.1 Å². The highest BCUT2D eigenvalue weighted by atomic mass is 16.6. The first-order valence-corrected chi connectivity index (χ1v) is 8.99. The summed E-state index contributed by atoms with van der Waals surface area (Å²) in [6, 6.07) is 0. The summed E-state index contributed by atoms with van der Waals surface area (Å²) >= 11 is 0. The number of rotatable bonds is 15. The van der Waals surface area contributed by atoms with Crippen LogP contribution in [0.15, 0.2) is 23.3 Å². The van der Waals surface area contributed by atoms with E-state index >= 15 is 0 Å². The second-order valence-corrected chi connectivity index (χ2v) is 5.93. The average Bonchev–Trinajstić information content (AvgIpc) is 3.14. The van der Waals surface area contributed by atoms with E-state index in [1.807, 2.05) is 0 Å². The van der Waals surface area contributed by atoms with Gasteiger partial charge in [-0.1, -0.05) is 0 Å². The van der Waals surface area contributed by atoms with Crippen LogP contribution in [0, 0.1) is 0 Å². The lowest BCUT2D eigenvalue weighted by atomic mass is 10.2. The van der Waals surface area contributed by atoms with Crippen LogP contribution in [0.2, 0.25) is 0 Å². The molecule has 154 valence electrons. The molecule has 4 amide bonds. The lowest BCUT2D eigenvalue weighted by Crippen LogP contribution is -2.22. The molecule has 0 aromatic rings. The first-order chi connectivity index (χ1) is 13.6. The molecule has 2 aliphatic rings. The minimum absolute atomic E-state index is 0.344. The van der Waals surface area contributed by atoms with Crippen LogP contribution in [-0.4, -0.2) is 76.5 Å². The van der Waals surface area contributed by atoms with Crippen LogP contribution in [0.3, 0.4) is 0 Å². The molecule has 2 rings (SSSR count). The van der Waals surface area contributed by atoms with Gasteiger partial charge in [-0.15, -0.1) is 0 Å². The van der Waals surface area contributed by atoms with Gasteiger partial charge in [0.15, 0.2) is 0 Å². The number of carbonyl (C=O) groups is 4. The number of hydrogen-bond acceptors (Lipinski definition) is 8. The SMILES string of the molecule is O=C1C=C(CCOCCOCCOCCOCCC2=CC(=O)NC2=O)C(=O)N1. The molecule has 0 radical (unpaired) electrons. The highest BCUT2D eigenvalue weighted by molar-refractivity contribution is 6.16. The summed E-state index contributed by atoms with van der Waals surface area (Å²) in [7, 11) is 0. The van der Waals surface area contributed by atoms with Crippen molar-refractivity contribution in [3.8, 4) is 0 Å². The van der Waals surface area contributed by atoms with Gasteiger partial charge in [-0.3, -0.25) is 29.8 Å². The van der Waals surface area contributed by atoms with Gasteiger partial charge in [0, 0.05) is 36.1 Å². The van der Waals surface area contributed by atoms with Gasteiger partial charge in [0.25, 0.3) is 23.6 Å². The smallest absolute Gasteiger partial charge is 0.254 e. The molecule has 10 heteroatoms. The third-order valence-corrected chi connectivity index (χ3v) is 3.81. The van der Waals surface area contributed by atoms with Crippen LogP contribution < -0.4 is 10.6 Å². The van der Waals surface area contributed by atoms with Crippen LogP contribution in [0.1, 0.15) is 12.8 Å². The van der Waals surface area contributed by atoms with Crippen LogP contribution in [0.25, 0.3) is 0 Å². The van der Waals surface area contributed by atoms with Gasteiger partial charge in [-0.05, 0) is 0 Å². The molecule has 0 saturated heterocycles. The van der Waals surface area contributed by atoms with Crippen LogP contribution >= 0.6 is 0 Å². The minimum atomic E-state index is -0.385. The Bertz CT molecular complexity index is 600. The zero-order chi connectivity index (χ0) is 20.2. The molecule has 0 bridgehead atoms. The van der Waals surface area contributed by atoms with E-state index in [-0.39, 0.29) is 23.6 Å². The monoisotopic (exact) mass is 396 g/mol. The van der Waals surface area contributed by atoms with E-state index in [9.17, 15) is 19.2 Å². The highest BCUT2D eigenvalue weighted by Crippen LogP contribution is 2.07. The Morgan fingerprint density at radius 3 is 1.14 bits per heavy atom. The number of hydrogen-bond donors (Lipinski definition) is 2. The molecule has 0 fully saturated rings. The average molecular weight is 396 g/mol. The quantitative estimate of drug-likeness (QED) is 0.266. The summed E-state index contributed by atoms with van der Waals surface area (Å²) in [5.41, 5.74) is 0.858.